The summed E-state index contributed by atoms with van der Waals surface area (Å²) in [6.45, 7) is 6.52. The molecule has 0 aromatic heterocycles. The van der Waals surface area contributed by atoms with Gasteiger partial charge in [-0.15, -0.1) is 0 Å². The van der Waals surface area contributed by atoms with E-state index in [9.17, 15) is 14.4 Å². The Hall–Kier alpha value is -2.89. The van der Waals surface area contributed by atoms with Crippen molar-refractivity contribution >= 4 is 28.5 Å². The molecule has 2 aliphatic heterocycles. The molecule has 1 unspecified atom stereocenters. The molecule has 0 aliphatic carbocycles. The van der Waals surface area contributed by atoms with Crippen molar-refractivity contribution in [3.63, 3.8) is 0 Å². The van der Waals surface area contributed by atoms with Crippen molar-refractivity contribution in [1.29, 1.82) is 0 Å². The number of carbonyl (C=O) groups excluding carboxylic acids is 3. The molecular formula is C23H27N3O3. The van der Waals surface area contributed by atoms with E-state index < -0.39 is 0 Å². The number of hydrogen-bond donors (Lipinski definition) is 0. The van der Waals surface area contributed by atoms with Crippen LogP contribution in [0.1, 0.15) is 30.6 Å². The van der Waals surface area contributed by atoms with Gasteiger partial charge in [-0.2, -0.15) is 0 Å². The highest BCUT2D eigenvalue weighted by molar-refractivity contribution is 6.07. The molecule has 152 valence electrons. The Balaban J connectivity index is 1.40. The molecule has 29 heavy (non-hydrogen) atoms. The van der Waals surface area contributed by atoms with Gasteiger partial charge < -0.3 is 14.7 Å². The normalized spacial score (nSPS) is 20.0. The van der Waals surface area contributed by atoms with Crippen molar-refractivity contribution < 1.29 is 14.4 Å². The van der Waals surface area contributed by atoms with Gasteiger partial charge in [-0.1, -0.05) is 36.4 Å². The van der Waals surface area contributed by atoms with E-state index in [2.05, 4.69) is 0 Å². The van der Waals surface area contributed by atoms with Crippen LogP contribution >= 0.6 is 0 Å². The number of amides is 3. The molecule has 6 nitrogen and oxygen atoms in total. The number of piperazine rings is 1. The van der Waals surface area contributed by atoms with Gasteiger partial charge in [0.1, 0.15) is 0 Å². The molecule has 2 aliphatic rings. The van der Waals surface area contributed by atoms with Crippen LogP contribution in [0.5, 0.6) is 0 Å². The first kappa shape index (κ1) is 19.4. The van der Waals surface area contributed by atoms with Crippen LogP contribution in [0.15, 0.2) is 42.5 Å². The van der Waals surface area contributed by atoms with E-state index >= 15 is 0 Å². The van der Waals surface area contributed by atoms with Gasteiger partial charge in [0.2, 0.25) is 11.8 Å². The molecule has 0 saturated carbocycles. The minimum Gasteiger partial charge on any atom is -0.339 e. The second-order valence-electron chi connectivity index (χ2n) is 8.19. The molecule has 0 spiro atoms. The molecule has 0 bridgehead atoms. The van der Waals surface area contributed by atoms with Crippen LogP contribution in [-0.2, 0) is 9.59 Å². The maximum atomic E-state index is 13.1. The third-order valence-corrected chi connectivity index (χ3v) is 6.03. The zero-order valence-corrected chi connectivity index (χ0v) is 17.0. The summed E-state index contributed by atoms with van der Waals surface area (Å²) in [6.07, 6.45) is 0.298. The molecule has 2 saturated heterocycles. The maximum absolute atomic E-state index is 13.1. The average molecular weight is 393 g/mol. The molecule has 0 N–H and O–H groups in total. The lowest BCUT2D eigenvalue weighted by Crippen LogP contribution is -2.52. The molecule has 2 heterocycles. The fraction of sp³-hybridized carbons (Fsp3) is 0.435. The van der Waals surface area contributed by atoms with Gasteiger partial charge in [0.15, 0.2) is 0 Å². The Kier molecular flexibility index (Phi) is 5.26. The Morgan fingerprint density at radius 2 is 1.59 bits per heavy atom. The van der Waals surface area contributed by atoms with Crippen molar-refractivity contribution in [2.75, 3.05) is 32.7 Å². The zero-order valence-electron chi connectivity index (χ0n) is 17.0. The molecular weight excluding hydrogens is 366 g/mol. The summed E-state index contributed by atoms with van der Waals surface area (Å²) in [5, 5.41) is 2.00. The number of carbonyl (C=O) groups is 3. The zero-order chi connectivity index (χ0) is 20.5. The molecule has 2 aromatic carbocycles. The van der Waals surface area contributed by atoms with Crippen LogP contribution in [0.25, 0.3) is 10.8 Å². The Morgan fingerprint density at radius 1 is 0.931 bits per heavy atom. The molecule has 6 heteroatoms. The lowest BCUT2D eigenvalue weighted by molar-refractivity contribution is -0.137. The summed E-state index contributed by atoms with van der Waals surface area (Å²) >= 11 is 0. The first-order chi connectivity index (χ1) is 14.0. The van der Waals surface area contributed by atoms with Crippen molar-refractivity contribution in [3.8, 4) is 0 Å². The van der Waals surface area contributed by atoms with E-state index in [1.165, 1.54) is 0 Å². The summed E-state index contributed by atoms with van der Waals surface area (Å²) in [5.74, 6) is -0.150. The third kappa shape index (κ3) is 3.71. The van der Waals surface area contributed by atoms with Gasteiger partial charge in [-0.05, 0) is 30.7 Å². The fourth-order valence-electron chi connectivity index (χ4n) is 4.37. The number of rotatable bonds is 3. The highest BCUT2D eigenvalue weighted by atomic mass is 16.2. The highest BCUT2D eigenvalue weighted by Crippen LogP contribution is 2.24. The second-order valence-corrected chi connectivity index (χ2v) is 8.19. The second kappa shape index (κ2) is 7.85. The van der Waals surface area contributed by atoms with Gasteiger partial charge in [0.25, 0.3) is 5.91 Å². The smallest absolute Gasteiger partial charge is 0.254 e. The minimum absolute atomic E-state index is 0.0101. The summed E-state index contributed by atoms with van der Waals surface area (Å²) in [6, 6.07) is 13.8. The third-order valence-electron chi connectivity index (χ3n) is 6.03. The average Bonchev–Trinajstić information content (AvgIpc) is 3.14. The predicted octanol–water partition coefficient (Wildman–Crippen LogP) is 2.38. The lowest BCUT2D eigenvalue weighted by Gasteiger charge is -2.36. The lowest BCUT2D eigenvalue weighted by atomic mass is 10.0. The van der Waals surface area contributed by atoms with Crippen molar-refractivity contribution in [3.05, 3.63) is 48.0 Å². The van der Waals surface area contributed by atoms with Crippen LogP contribution in [0.3, 0.4) is 0 Å². The Labute approximate surface area is 171 Å². The Morgan fingerprint density at radius 3 is 2.28 bits per heavy atom. The number of nitrogens with zero attached hydrogens (tertiary/aromatic N) is 3. The number of hydrogen-bond acceptors (Lipinski definition) is 3. The topological polar surface area (TPSA) is 60.9 Å². The van der Waals surface area contributed by atoms with Crippen molar-refractivity contribution in [2.24, 2.45) is 5.92 Å². The van der Waals surface area contributed by atoms with E-state index in [0.29, 0.717) is 44.7 Å². The summed E-state index contributed by atoms with van der Waals surface area (Å²) in [5.41, 5.74) is 0.705. The van der Waals surface area contributed by atoms with Gasteiger partial charge in [0.05, 0.1) is 5.92 Å². The van der Waals surface area contributed by atoms with Crippen LogP contribution < -0.4 is 0 Å². The van der Waals surface area contributed by atoms with Crippen LogP contribution in [0.2, 0.25) is 0 Å². The molecule has 1 atom stereocenters. The monoisotopic (exact) mass is 393 g/mol. The number of fused-ring (bicyclic) bond motifs is 1. The first-order valence-electron chi connectivity index (χ1n) is 10.3. The molecule has 3 amide bonds. The van der Waals surface area contributed by atoms with E-state index in [0.717, 1.165) is 10.8 Å². The van der Waals surface area contributed by atoms with Crippen molar-refractivity contribution in [1.82, 2.24) is 14.7 Å². The number of benzene rings is 2. The van der Waals surface area contributed by atoms with Gasteiger partial charge >= 0.3 is 0 Å². The Bertz CT molecular complexity index is 942. The fourth-order valence-corrected chi connectivity index (χ4v) is 4.37. The van der Waals surface area contributed by atoms with E-state index in [1.807, 2.05) is 66.1 Å². The number of likely N-dealkylation sites (tertiary alicyclic amines) is 1. The largest absolute Gasteiger partial charge is 0.339 e. The minimum atomic E-state index is -0.259. The molecule has 0 radical (unpaired) electrons. The van der Waals surface area contributed by atoms with Crippen molar-refractivity contribution in [2.45, 2.75) is 26.3 Å². The van der Waals surface area contributed by atoms with E-state index in [-0.39, 0.29) is 29.7 Å². The summed E-state index contributed by atoms with van der Waals surface area (Å²) in [4.78, 5) is 43.5. The highest BCUT2D eigenvalue weighted by Gasteiger charge is 2.38. The van der Waals surface area contributed by atoms with Crippen LogP contribution in [0, 0.1) is 5.92 Å². The molecule has 2 fully saturated rings. The van der Waals surface area contributed by atoms with Gasteiger partial charge in [-0.25, -0.2) is 0 Å². The van der Waals surface area contributed by atoms with Crippen LogP contribution in [-0.4, -0.2) is 71.2 Å². The quantitative estimate of drug-likeness (QED) is 0.804. The van der Waals surface area contributed by atoms with Gasteiger partial charge in [0, 0.05) is 50.7 Å². The van der Waals surface area contributed by atoms with E-state index in [4.69, 9.17) is 0 Å². The first-order valence-corrected chi connectivity index (χ1v) is 10.3. The maximum Gasteiger partial charge on any atom is 0.254 e. The van der Waals surface area contributed by atoms with Crippen LogP contribution in [0.4, 0.5) is 0 Å². The molecule has 2 aromatic rings. The predicted molar refractivity (Wildman–Crippen MR) is 111 cm³/mol. The van der Waals surface area contributed by atoms with E-state index in [1.54, 1.807) is 4.90 Å². The summed E-state index contributed by atoms with van der Waals surface area (Å²) < 4.78 is 0. The summed E-state index contributed by atoms with van der Waals surface area (Å²) in [7, 11) is 0. The SMILES string of the molecule is CC(C)N1CC(C(=O)N2CCN(C(=O)c3cccc4ccccc34)CC2)CC1=O. The standard InChI is InChI=1S/C23H27N3O3/c1-16(2)26-15-18(14-21(26)27)22(28)24-10-12-25(13-11-24)23(29)20-9-5-7-17-6-3-4-8-19(17)20/h3-9,16,18H,10-15H2,1-2H3. The molecule has 4 rings (SSSR count). The van der Waals surface area contributed by atoms with Gasteiger partial charge in [-0.3, -0.25) is 14.4 Å².